The summed E-state index contributed by atoms with van der Waals surface area (Å²) in [6.45, 7) is 13.1. The fraction of sp³-hybridized carbons (Fsp3) is 0.680. The van der Waals surface area contributed by atoms with Crippen LogP contribution in [-0.2, 0) is 9.59 Å². The van der Waals surface area contributed by atoms with Crippen LogP contribution in [0.4, 0.5) is 0 Å². The average molecular weight is 369 g/mol. The van der Waals surface area contributed by atoms with Crippen LogP contribution in [0, 0.1) is 50.4 Å². The number of hydrogen-bond acceptors (Lipinski definition) is 2. The highest BCUT2D eigenvalue weighted by molar-refractivity contribution is 6.15. The van der Waals surface area contributed by atoms with E-state index in [1.165, 1.54) is 24.8 Å². The zero-order chi connectivity index (χ0) is 19.9. The van der Waals surface area contributed by atoms with Crippen molar-refractivity contribution < 1.29 is 9.59 Å². The summed E-state index contributed by atoms with van der Waals surface area (Å²) in [5.41, 5.74) is 4.35. The molecule has 2 saturated carbocycles. The smallest absolute Gasteiger partial charge is 0.151 e. The van der Waals surface area contributed by atoms with Gasteiger partial charge in [-0.05, 0) is 80.4 Å². The summed E-state index contributed by atoms with van der Waals surface area (Å²) in [4.78, 5) is 26.2. The summed E-state index contributed by atoms with van der Waals surface area (Å²) >= 11 is 0. The van der Waals surface area contributed by atoms with Crippen LogP contribution in [0.5, 0.6) is 0 Å². The number of Topliss-reactive ketones (excluding diaryl/α,β-unsaturated/α-hetero) is 2. The number of carbonyl (C=O) groups is 2. The summed E-state index contributed by atoms with van der Waals surface area (Å²) in [6, 6.07) is 4.21. The van der Waals surface area contributed by atoms with Gasteiger partial charge in [0, 0.05) is 12.3 Å². The Morgan fingerprint density at radius 1 is 1.04 bits per heavy atom. The summed E-state index contributed by atoms with van der Waals surface area (Å²) in [5.74, 6) is 2.44. The van der Waals surface area contributed by atoms with Crippen LogP contribution in [-0.4, -0.2) is 11.6 Å². The molecule has 0 aromatic heterocycles. The van der Waals surface area contributed by atoms with Crippen molar-refractivity contribution in [1.82, 2.24) is 0 Å². The number of ketones is 2. The third-order valence-corrected chi connectivity index (χ3v) is 7.23. The molecule has 27 heavy (non-hydrogen) atoms. The monoisotopic (exact) mass is 368 g/mol. The maximum atomic E-state index is 13.3. The third-order valence-electron chi connectivity index (χ3n) is 7.23. The minimum absolute atomic E-state index is 0.0702. The molecule has 1 aromatic carbocycles. The predicted octanol–water partition coefficient (Wildman–Crippen LogP) is 5.95. The molecule has 5 unspecified atom stereocenters. The molecule has 3 rings (SSSR count). The van der Waals surface area contributed by atoms with Gasteiger partial charge in [0.15, 0.2) is 5.78 Å². The van der Waals surface area contributed by atoms with E-state index >= 15 is 0 Å². The topological polar surface area (TPSA) is 34.1 Å². The Kier molecular flexibility index (Phi) is 5.93. The summed E-state index contributed by atoms with van der Waals surface area (Å²) < 4.78 is 0. The molecule has 0 N–H and O–H groups in total. The Hall–Kier alpha value is -1.44. The van der Waals surface area contributed by atoms with E-state index in [9.17, 15) is 9.59 Å². The van der Waals surface area contributed by atoms with Gasteiger partial charge in [-0.2, -0.15) is 0 Å². The van der Waals surface area contributed by atoms with Crippen molar-refractivity contribution in [2.75, 3.05) is 0 Å². The van der Waals surface area contributed by atoms with Crippen molar-refractivity contribution in [3.8, 4) is 0 Å². The average Bonchev–Trinajstić information content (AvgIpc) is 2.81. The molecule has 2 aliphatic carbocycles. The van der Waals surface area contributed by atoms with Crippen LogP contribution in [0.3, 0.4) is 0 Å². The van der Waals surface area contributed by atoms with E-state index in [2.05, 4.69) is 39.8 Å². The van der Waals surface area contributed by atoms with Gasteiger partial charge in [0.2, 0.25) is 0 Å². The molecular weight excluding hydrogens is 332 g/mol. The molecule has 0 spiro atoms. The van der Waals surface area contributed by atoms with Crippen LogP contribution in [0.25, 0.3) is 0 Å². The van der Waals surface area contributed by atoms with E-state index in [1.54, 1.807) is 0 Å². The van der Waals surface area contributed by atoms with Crippen molar-refractivity contribution in [3.63, 3.8) is 0 Å². The third kappa shape index (κ3) is 4.05. The standard InChI is InChI=1S/C25H36O2/c1-14(2)21-8-7-15(3)11-19(21)12-20-13-22(26)24(25(20)27)23-17(5)9-16(4)10-18(23)6/h9-10,14-15,19-21,24H,7-8,11-13H2,1-6H3. The Labute approximate surface area is 165 Å². The quantitative estimate of drug-likeness (QED) is 0.615. The van der Waals surface area contributed by atoms with Gasteiger partial charge in [-0.3, -0.25) is 9.59 Å². The lowest BCUT2D eigenvalue weighted by Gasteiger charge is -2.38. The predicted molar refractivity (Wildman–Crippen MR) is 111 cm³/mol. The van der Waals surface area contributed by atoms with Crippen molar-refractivity contribution >= 4 is 11.6 Å². The molecule has 148 valence electrons. The minimum Gasteiger partial charge on any atom is -0.298 e. The van der Waals surface area contributed by atoms with E-state index in [0.29, 0.717) is 24.2 Å². The second-order valence-electron chi connectivity index (χ2n) is 9.84. The minimum atomic E-state index is -0.519. The molecule has 0 heterocycles. The number of carbonyl (C=O) groups excluding carboxylic acids is 2. The van der Waals surface area contributed by atoms with Gasteiger partial charge >= 0.3 is 0 Å². The Morgan fingerprint density at radius 3 is 2.26 bits per heavy atom. The van der Waals surface area contributed by atoms with Crippen molar-refractivity contribution in [2.24, 2.45) is 29.6 Å². The van der Waals surface area contributed by atoms with E-state index in [1.807, 2.05) is 13.8 Å². The van der Waals surface area contributed by atoms with Gasteiger partial charge in [0.25, 0.3) is 0 Å². The lowest BCUT2D eigenvalue weighted by Crippen LogP contribution is -2.30. The fourth-order valence-corrected chi connectivity index (χ4v) is 6.04. The highest BCUT2D eigenvalue weighted by Crippen LogP contribution is 2.45. The molecule has 0 saturated heterocycles. The second kappa shape index (κ2) is 7.89. The zero-order valence-corrected chi connectivity index (χ0v) is 18.0. The van der Waals surface area contributed by atoms with Gasteiger partial charge in [0.05, 0.1) is 0 Å². The van der Waals surface area contributed by atoms with Crippen LogP contribution in [0.15, 0.2) is 12.1 Å². The van der Waals surface area contributed by atoms with Crippen molar-refractivity contribution in [2.45, 2.75) is 79.6 Å². The molecule has 2 heteroatoms. The Balaban J connectivity index is 1.82. The van der Waals surface area contributed by atoms with Gasteiger partial charge in [0.1, 0.15) is 11.7 Å². The summed E-state index contributed by atoms with van der Waals surface area (Å²) in [6.07, 6.45) is 5.16. The van der Waals surface area contributed by atoms with Crippen molar-refractivity contribution in [3.05, 3.63) is 34.4 Å². The molecule has 2 fully saturated rings. The number of benzene rings is 1. The number of hydrogen-bond donors (Lipinski definition) is 0. The molecule has 0 bridgehead atoms. The molecule has 0 radical (unpaired) electrons. The number of rotatable bonds is 4. The van der Waals surface area contributed by atoms with E-state index in [4.69, 9.17) is 0 Å². The summed E-state index contributed by atoms with van der Waals surface area (Å²) in [7, 11) is 0. The van der Waals surface area contributed by atoms with Crippen molar-refractivity contribution in [1.29, 1.82) is 0 Å². The Morgan fingerprint density at radius 2 is 1.67 bits per heavy atom. The first kappa shape index (κ1) is 20.3. The van der Waals surface area contributed by atoms with Gasteiger partial charge < -0.3 is 0 Å². The molecule has 2 aliphatic rings. The van der Waals surface area contributed by atoms with Gasteiger partial charge in [-0.15, -0.1) is 0 Å². The van der Waals surface area contributed by atoms with E-state index in [-0.39, 0.29) is 17.5 Å². The van der Waals surface area contributed by atoms with Gasteiger partial charge in [-0.25, -0.2) is 0 Å². The molecule has 5 atom stereocenters. The van der Waals surface area contributed by atoms with Crippen LogP contribution in [0.2, 0.25) is 0 Å². The lowest BCUT2D eigenvalue weighted by molar-refractivity contribution is -0.125. The second-order valence-corrected chi connectivity index (χ2v) is 9.84. The van der Waals surface area contributed by atoms with E-state index in [0.717, 1.165) is 29.0 Å². The molecule has 2 nitrogen and oxygen atoms in total. The Bertz CT molecular complexity index is 707. The molecule has 0 amide bonds. The first-order chi connectivity index (χ1) is 12.7. The first-order valence-electron chi connectivity index (χ1n) is 10.8. The summed E-state index contributed by atoms with van der Waals surface area (Å²) in [5, 5.41) is 0. The van der Waals surface area contributed by atoms with Gasteiger partial charge in [-0.1, -0.05) is 44.9 Å². The zero-order valence-electron chi connectivity index (χ0n) is 18.0. The van der Waals surface area contributed by atoms with Crippen LogP contribution >= 0.6 is 0 Å². The maximum absolute atomic E-state index is 13.3. The fourth-order valence-electron chi connectivity index (χ4n) is 6.04. The highest BCUT2D eigenvalue weighted by atomic mass is 16.2. The van der Waals surface area contributed by atoms with E-state index < -0.39 is 5.92 Å². The lowest BCUT2D eigenvalue weighted by atomic mass is 9.67. The first-order valence-corrected chi connectivity index (χ1v) is 10.8. The number of aryl methyl sites for hydroxylation is 3. The maximum Gasteiger partial charge on any atom is 0.151 e. The van der Waals surface area contributed by atoms with Crippen LogP contribution in [0.1, 0.15) is 81.0 Å². The van der Waals surface area contributed by atoms with Crippen LogP contribution < -0.4 is 0 Å². The molecular formula is C25H36O2. The normalized spacial score (nSPS) is 31.7. The largest absolute Gasteiger partial charge is 0.298 e. The molecule has 0 aliphatic heterocycles. The highest BCUT2D eigenvalue weighted by Gasteiger charge is 2.45. The molecule has 1 aromatic rings. The SMILES string of the molecule is Cc1cc(C)c(C2C(=O)CC(CC3CC(C)CCC3C(C)C)C2=O)c(C)c1.